The van der Waals surface area contributed by atoms with Crippen molar-refractivity contribution in [2.24, 2.45) is 5.92 Å². The number of ether oxygens (including phenoxy) is 1. The van der Waals surface area contributed by atoms with E-state index in [4.69, 9.17) is 4.74 Å². The van der Waals surface area contributed by atoms with Gasteiger partial charge in [-0.2, -0.15) is 0 Å². The Morgan fingerprint density at radius 3 is 2.12 bits per heavy atom. The minimum atomic E-state index is -0.592. The van der Waals surface area contributed by atoms with Crippen molar-refractivity contribution >= 4 is 0 Å². The molecule has 2 saturated heterocycles. The van der Waals surface area contributed by atoms with Gasteiger partial charge in [0.2, 0.25) is 0 Å². The highest BCUT2D eigenvalue weighted by molar-refractivity contribution is 5.08. The summed E-state index contributed by atoms with van der Waals surface area (Å²) in [5.41, 5.74) is -0.942. The van der Waals surface area contributed by atoms with Gasteiger partial charge in [0.1, 0.15) is 0 Å². The van der Waals surface area contributed by atoms with E-state index in [0.29, 0.717) is 6.04 Å². The first kappa shape index (κ1) is 13.3. The van der Waals surface area contributed by atoms with Crippen LogP contribution in [0.4, 0.5) is 0 Å². The minimum Gasteiger partial charge on any atom is -0.388 e. The lowest BCUT2D eigenvalue weighted by Gasteiger charge is -2.37. The van der Waals surface area contributed by atoms with Crippen molar-refractivity contribution in [2.75, 3.05) is 13.6 Å². The topological polar surface area (TPSA) is 32.7 Å². The molecule has 2 aliphatic heterocycles. The number of likely N-dealkylation sites (tertiary alicyclic amines) is 1. The Morgan fingerprint density at radius 1 is 1.18 bits per heavy atom. The fourth-order valence-corrected chi connectivity index (χ4v) is 3.97. The molecule has 100 valence electrons. The number of aliphatic hydroxyl groups is 1. The summed E-state index contributed by atoms with van der Waals surface area (Å²) in [5, 5.41) is 11.0. The number of rotatable bonds is 1. The van der Waals surface area contributed by atoms with Crippen LogP contribution in [-0.4, -0.2) is 46.4 Å². The third kappa shape index (κ3) is 2.25. The Hall–Kier alpha value is -0.120. The normalized spacial score (nSPS) is 45.4. The highest BCUT2D eigenvalue weighted by Gasteiger charge is 2.57. The van der Waals surface area contributed by atoms with Gasteiger partial charge in [-0.3, -0.25) is 0 Å². The van der Waals surface area contributed by atoms with Gasteiger partial charge in [-0.25, -0.2) is 0 Å². The van der Waals surface area contributed by atoms with E-state index in [1.54, 1.807) is 0 Å². The molecule has 0 aromatic rings. The molecule has 0 aromatic heterocycles. The molecule has 3 unspecified atom stereocenters. The zero-order chi connectivity index (χ0) is 13.1. The van der Waals surface area contributed by atoms with Gasteiger partial charge < -0.3 is 14.7 Å². The Bertz CT molecular complexity index is 301. The SMILES string of the molecule is CC1CC(O)(C2CC(C)(C)OC2(C)C)CN1C. The van der Waals surface area contributed by atoms with Crippen molar-refractivity contribution < 1.29 is 9.84 Å². The summed E-state index contributed by atoms with van der Waals surface area (Å²) in [7, 11) is 2.09. The molecule has 1 N–H and O–H groups in total. The molecular formula is C14H27NO2. The molecule has 2 fully saturated rings. The number of β-amino-alcohol motifs (C(OH)–C–C–N with tert-alkyl or cyclic N) is 1. The van der Waals surface area contributed by atoms with Crippen LogP contribution in [0.3, 0.4) is 0 Å². The van der Waals surface area contributed by atoms with Crippen LogP contribution >= 0.6 is 0 Å². The van der Waals surface area contributed by atoms with Crippen molar-refractivity contribution in [2.45, 2.75) is 70.3 Å². The van der Waals surface area contributed by atoms with E-state index in [-0.39, 0.29) is 17.1 Å². The van der Waals surface area contributed by atoms with Crippen LogP contribution in [0.2, 0.25) is 0 Å². The Balaban J connectivity index is 2.23. The molecule has 0 spiro atoms. The molecule has 0 aliphatic carbocycles. The highest BCUT2D eigenvalue weighted by Crippen LogP contribution is 2.50. The molecule has 2 heterocycles. The predicted molar refractivity (Wildman–Crippen MR) is 69.0 cm³/mol. The third-order valence-corrected chi connectivity index (χ3v) is 4.65. The molecular weight excluding hydrogens is 214 g/mol. The molecule has 3 heteroatoms. The lowest BCUT2D eigenvalue weighted by molar-refractivity contribution is -0.109. The lowest BCUT2D eigenvalue weighted by atomic mass is 9.73. The lowest BCUT2D eigenvalue weighted by Crippen LogP contribution is -2.48. The van der Waals surface area contributed by atoms with Gasteiger partial charge in [-0.1, -0.05) is 0 Å². The molecule has 2 rings (SSSR count). The number of hydrogen-bond donors (Lipinski definition) is 1. The molecule has 3 atom stereocenters. The first-order valence-corrected chi connectivity index (χ1v) is 6.69. The summed E-state index contributed by atoms with van der Waals surface area (Å²) in [6.45, 7) is 11.4. The van der Waals surface area contributed by atoms with E-state index in [9.17, 15) is 5.11 Å². The molecule has 2 aliphatic rings. The van der Waals surface area contributed by atoms with Crippen molar-refractivity contribution in [1.82, 2.24) is 4.90 Å². The van der Waals surface area contributed by atoms with Crippen LogP contribution in [0.15, 0.2) is 0 Å². The standard InChI is InChI=1S/C14H27NO2/c1-10-7-14(16,9-15(10)6)11-8-12(2,3)17-13(11,4)5/h10-11,16H,7-9H2,1-6H3. The summed E-state index contributed by atoms with van der Waals surface area (Å²) in [5.74, 6) is 0.220. The van der Waals surface area contributed by atoms with Gasteiger partial charge in [0.15, 0.2) is 0 Å². The summed E-state index contributed by atoms with van der Waals surface area (Å²) >= 11 is 0. The van der Waals surface area contributed by atoms with Gasteiger partial charge in [-0.05, 0) is 54.5 Å². The predicted octanol–water partition coefficient (Wildman–Crippen LogP) is 2.04. The Morgan fingerprint density at radius 2 is 1.76 bits per heavy atom. The molecule has 0 aromatic carbocycles. The molecule has 0 saturated carbocycles. The van der Waals surface area contributed by atoms with E-state index in [2.05, 4.69) is 46.6 Å². The second-order valence-electron chi connectivity index (χ2n) is 7.29. The first-order chi connectivity index (χ1) is 7.56. The van der Waals surface area contributed by atoms with Gasteiger partial charge in [0, 0.05) is 18.5 Å². The average molecular weight is 241 g/mol. The Kier molecular flexibility index (Phi) is 2.89. The van der Waals surface area contributed by atoms with Crippen LogP contribution in [0.5, 0.6) is 0 Å². The first-order valence-electron chi connectivity index (χ1n) is 6.69. The minimum absolute atomic E-state index is 0.117. The van der Waals surface area contributed by atoms with Crippen molar-refractivity contribution in [1.29, 1.82) is 0 Å². The van der Waals surface area contributed by atoms with Gasteiger partial charge in [0.05, 0.1) is 16.8 Å². The zero-order valence-electron chi connectivity index (χ0n) is 12.1. The molecule has 3 nitrogen and oxygen atoms in total. The van der Waals surface area contributed by atoms with E-state index >= 15 is 0 Å². The quantitative estimate of drug-likeness (QED) is 0.762. The maximum Gasteiger partial charge on any atom is 0.0845 e. The average Bonchev–Trinajstić information content (AvgIpc) is 2.48. The van der Waals surface area contributed by atoms with Gasteiger partial charge >= 0.3 is 0 Å². The van der Waals surface area contributed by atoms with Gasteiger partial charge in [0.25, 0.3) is 0 Å². The zero-order valence-corrected chi connectivity index (χ0v) is 12.1. The van der Waals surface area contributed by atoms with E-state index in [1.165, 1.54) is 0 Å². The summed E-state index contributed by atoms with van der Waals surface area (Å²) in [6, 6.07) is 0.458. The molecule has 0 radical (unpaired) electrons. The van der Waals surface area contributed by atoms with Crippen LogP contribution < -0.4 is 0 Å². The summed E-state index contributed by atoms with van der Waals surface area (Å²) in [4.78, 5) is 2.25. The highest BCUT2D eigenvalue weighted by atomic mass is 16.5. The summed E-state index contributed by atoms with van der Waals surface area (Å²) in [6.07, 6.45) is 1.80. The van der Waals surface area contributed by atoms with Crippen LogP contribution in [0.25, 0.3) is 0 Å². The summed E-state index contributed by atoms with van der Waals surface area (Å²) < 4.78 is 6.12. The van der Waals surface area contributed by atoms with E-state index in [0.717, 1.165) is 19.4 Å². The number of likely N-dealkylation sites (N-methyl/N-ethyl adjacent to an activating group) is 1. The number of hydrogen-bond acceptors (Lipinski definition) is 3. The molecule has 17 heavy (non-hydrogen) atoms. The maximum atomic E-state index is 11.0. The largest absolute Gasteiger partial charge is 0.388 e. The van der Waals surface area contributed by atoms with Crippen LogP contribution in [-0.2, 0) is 4.74 Å². The van der Waals surface area contributed by atoms with E-state index < -0.39 is 5.60 Å². The van der Waals surface area contributed by atoms with Crippen molar-refractivity contribution in [3.63, 3.8) is 0 Å². The fourth-order valence-electron chi connectivity index (χ4n) is 3.97. The van der Waals surface area contributed by atoms with Gasteiger partial charge in [-0.15, -0.1) is 0 Å². The van der Waals surface area contributed by atoms with Crippen LogP contribution in [0, 0.1) is 5.92 Å². The van der Waals surface area contributed by atoms with Crippen molar-refractivity contribution in [3.8, 4) is 0 Å². The fraction of sp³-hybridized carbons (Fsp3) is 1.00. The molecule has 0 bridgehead atoms. The number of nitrogens with zero attached hydrogens (tertiary/aromatic N) is 1. The third-order valence-electron chi connectivity index (χ3n) is 4.65. The van der Waals surface area contributed by atoms with Crippen molar-refractivity contribution in [3.05, 3.63) is 0 Å². The second kappa shape index (κ2) is 3.69. The smallest absolute Gasteiger partial charge is 0.0845 e. The monoisotopic (exact) mass is 241 g/mol. The molecule has 0 amide bonds. The van der Waals surface area contributed by atoms with E-state index in [1.807, 2.05) is 0 Å². The maximum absolute atomic E-state index is 11.0. The second-order valence-corrected chi connectivity index (χ2v) is 7.29. The van der Waals surface area contributed by atoms with Crippen LogP contribution in [0.1, 0.15) is 47.5 Å². The Labute approximate surface area is 105 Å².